The molecule has 198 valence electrons. The van der Waals surface area contributed by atoms with Gasteiger partial charge >= 0.3 is 0 Å². The highest BCUT2D eigenvalue weighted by molar-refractivity contribution is 5.93. The molecule has 2 aromatic rings. The highest BCUT2D eigenvalue weighted by Gasteiger charge is 2.56. The molecule has 0 radical (unpaired) electrons. The first kappa shape index (κ1) is 26.3. The Balaban J connectivity index is 0.000000937. The average molecular weight is 511 g/mol. The second-order valence-electron chi connectivity index (χ2n) is 11.3. The minimum Gasteiger partial charge on any atom is -0.497 e. The number of rotatable bonds is 4. The zero-order valence-electron chi connectivity index (χ0n) is 22.7. The Morgan fingerprint density at radius 3 is 2.24 bits per heavy atom. The molecule has 0 aliphatic heterocycles. The van der Waals surface area contributed by atoms with Crippen LogP contribution in [0.25, 0.3) is 0 Å². The third-order valence-electron chi connectivity index (χ3n) is 9.26. The van der Waals surface area contributed by atoms with Crippen molar-refractivity contribution >= 4 is 5.78 Å². The van der Waals surface area contributed by atoms with Crippen LogP contribution in [-0.4, -0.2) is 24.1 Å². The van der Waals surface area contributed by atoms with E-state index in [1.165, 1.54) is 16.7 Å². The molecule has 1 N–H and O–H groups in total. The van der Waals surface area contributed by atoms with E-state index >= 15 is 0 Å². The molecular formula is C34H38O4. The first-order chi connectivity index (χ1) is 18.4. The molecule has 4 nitrogen and oxygen atoms in total. The third kappa shape index (κ3) is 4.81. The number of methoxy groups -OCH3 is 1. The van der Waals surface area contributed by atoms with Crippen LogP contribution in [0.4, 0.5) is 0 Å². The number of aliphatic hydroxyl groups is 1. The molecule has 38 heavy (non-hydrogen) atoms. The van der Waals surface area contributed by atoms with E-state index < -0.39 is 0 Å². The molecular weight excluding hydrogens is 472 g/mol. The van der Waals surface area contributed by atoms with Gasteiger partial charge in [-0.1, -0.05) is 24.6 Å². The topological polar surface area (TPSA) is 55.8 Å². The van der Waals surface area contributed by atoms with Crippen molar-refractivity contribution in [2.45, 2.75) is 70.8 Å². The molecule has 0 saturated heterocycles. The molecule has 0 amide bonds. The van der Waals surface area contributed by atoms with Crippen molar-refractivity contribution in [1.82, 2.24) is 0 Å². The molecule has 0 aromatic heterocycles. The second-order valence-corrected chi connectivity index (χ2v) is 11.3. The van der Waals surface area contributed by atoms with Crippen LogP contribution in [0.1, 0.15) is 70.3 Å². The van der Waals surface area contributed by atoms with Crippen molar-refractivity contribution in [2.75, 3.05) is 7.11 Å². The van der Waals surface area contributed by atoms with Crippen molar-refractivity contribution in [3.05, 3.63) is 76.9 Å². The molecule has 2 saturated carbocycles. The molecule has 4 aliphatic rings. The van der Waals surface area contributed by atoms with Gasteiger partial charge in [-0.05, 0) is 122 Å². The first-order valence-corrected chi connectivity index (χ1v) is 13.8. The summed E-state index contributed by atoms with van der Waals surface area (Å²) in [6.07, 6.45) is 12.9. The van der Waals surface area contributed by atoms with Gasteiger partial charge in [0, 0.05) is 12.3 Å². The summed E-state index contributed by atoms with van der Waals surface area (Å²) in [5.74, 6) is 6.23. The Hall–Kier alpha value is -3.29. The normalized spacial score (nSPS) is 29.6. The summed E-state index contributed by atoms with van der Waals surface area (Å²) in [4.78, 5) is 12.2. The summed E-state index contributed by atoms with van der Waals surface area (Å²) >= 11 is 0. The van der Waals surface area contributed by atoms with E-state index in [-0.39, 0.29) is 23.2 Å². The van der Waals surface area contributed by atoms with Crippen LogP contribution in [0, 0.1) is 29.6 Å². The van der Waals surface area contributed by atoms with Gasteiger partial charge in [0.15, 0.2) is 5.78 Å². The van der Waals surface area contributed by atoms with Gasteiger partial charge in [-0.2, -0.15) is 0 Å². The maximum Gasteiger partial charge on any atom is 0.156 e. The van der Waals surface area contributed by atoms with Crippen LogP contribution in [0.3, 0.4) is 0 Å². The lowest BCUT2D eigenvalue weighted by molar-refractivity contribution is -0.114. The van der Waals surface area contributed by atoms with Crippen LogP contribution >= 0.6 is 0 Å². The molecule has 2 aromatic carbocycles. The Bertz CT molecular complexity index is 1280. The predicted molar refractivity (Wildman–Crippen MR) is 150 cm³/mol. The number of carbonyl (C=O) groups is 1. The van der Waals surface area contributed by atoms with E-state index in [0.717, 1.165) is 55.8 Å². The maximum absolute atomic E-state index is 12.2. The molecule has 4 aliphatic carbocycles. The molecule has 2 fully saturated rings. The standard InChI is InChI=1S/C31H34O4.C3H4/c1-31-18-27(19-3-7-23(8-4-19)35-24-11-9-22(34-2)10-12-24)30-25-14-6-21(32)17-20(25)5-13-26(30)28(31)15-16-29(31)33;1-3-2/h3-4,7-12,17,26-29,33H,5-6,13-16,18H2,1-2H3;1H,2H3. The molecule has 4 heteroatoms. The van der Waals surface area contributed by atoms with Gasteiger partial charge in [0.25, 0.3) is 0 Å². The largest absolute Gasteiger partial charge is 0.497 e. The van der Waals surface area contributed by atoms with E-state index in [4.69, 9.17) is 9.47 Å². The number of hydrogen-bond acceptors (Lipinski definition) is 4. The molecule has 0 bridgehead atoms. The fraction of sp³-hybridized carbons (Fsp3) is 0.441. The summed E-state index contributed by atoms with van der Waals surface area (Å²) in [6.45, 7) is 3.97. The van der Waals surface area contributed by atoms with Crippen LogP contribution in [0.2, 0.25) is 0 Å². The maximum atomic E-state index is 12.2. The quantitative estimate of drug-likeness (QED) is 0.436. The molecule has 0 heterocycles. The molecule has 5 atom stereocenters. The molecule has 5 unspecified atom stereocenters. The zero-order valence-corrected chi connectivity index (χ0v) is 22.7. The zero-order chi connectivity index (χ0) is 26.9. The van der Waals surface area contributed by atoms with E-state index in [0.29, 0.717) is 18.3 Å². The summed E-state index contributed by atoms with van der Waals surface area (Å²) in [6, 6.07) is 16.1. The van der Waals surface area contributed by atoms with Crippen LogP contribution in [-0.2, 0) is 4.79 Å². The number of ether oxygens (including phenoxy) is 2. The number of aliphatic hydroxyl groups excluding tert-OH is 1. The second kappa shape index (κ2) is 10.8. The lowest BCUT2D eigenvalue weighted by Gasteiger charge is -2.52. The van der Waals surface area contributed by atoms with Gasteiger partial charge in [-0.25, -0.2) is 0 Å². The minimum absolute atomic E-state index is 0.0522. The van der Waals surface area contributed by atoms with E-state index in [1.54, 1.807) is 19.6 Å². The number of carbonyl (C=O) groups excluding carboxylic acids is 1. The fourth-order valence-corrected chi connectivity index (χ4v) is 7.48. The van der Waals surface area contributed by atoms with Gasteiger partial charge in [-0.15, -0.1) is 12.3 Å². The third-order valence-corrected chi connectivity index (χ3v) is 9.26. The summed E-state index contributed by atoms with van der Waals surface area (Å²) in [7, 11) is 1.66. The van der Waals surface area contributed by atoms with Crippen molar-refractivity contribution in [1.29, 1.82) is 0 Å². The van der Waals surface area contributed by atoms with Gasteiger partial charge < -0.3 is 14.6 Å². The lowest BCUT2D eigenvalue weighted by atomic mass is 9.53. The lowest BCUT2D eigenvalue weighted by Crippen LogP contribution is -2.45. The smallest absolute Gasteiger partial charge is 0.156 e. The summed E-state index contributed by atoms with van der Waals surface area (Å²) in [5.41, 5.74) is 5.53. The van der Waals surface area contributed by atoms with Crippen molar-refractivity contribution < 1.29 is 19.4 Å². The summed E-state index contributed by atoms with van der Waals surface area (Å²) < 4.78 is 11.3. The molecule has 6 rings (SSSR count). The van der Waals surface area contributed by atoms with Crippen molar-refractivity contribution in [3.63, 3.8) is 0 Å². The van der Waals surface area contributed by atoms with Gasteiger partial charge in [0.1, 0.15) is 17.2 Å². The number of hydrogen-bond donors (Lipinski definition) is 1. The Labute approximate surface area is 226 Å². The van der Waals surface area contributed by atoms with Gasteiger partial charge in [0.05, 0.1) is 13.2 Å². The number of benzene rings is 2. The van der Waals surface area contributed by atoms with Gasteiger partial charge in [-0.3, -0.25) is 4.79 Å². The van der Waals surface area contributed by atoms with E-state index in [9.17, 15) is 9.90 Å². The van der Waals surface area contributed by atoms with E-state index in [2.05, 4.69) is 43.5 Å². The summed E-state index contributed by atoms with van der Waals surface area (Å²) in [5, 5.41) is 11.1. The van der Waals surface area contributed by atoms with Crippen LogP contribution in [0.15, 0.2) is 71.3 Å². The monoisotopic (exact) mass is 510 g/mol. The van der Waals surface area contributed by atoms with E-state index in [1.807, 2.05) is 30.3 Å². The fourth-order valence-electron chi connectivity index (χ4n) is 7.48. The number of ketones is 1. The SMILES string of the molecule is C#CC.COc1ccc(Oc2ccc(C3CC4(C)C(O)CCC4C4CCC5=CC(=O)CCC5=C34)cc2)cc1. The van der Waals surface area contributed by atoms with Crippen LogP contribution in [0.5, 0.6) is 17.2 Å². The highest BCUT2D eigenvalue weighted by atomic mass is 16.5. The molecule has 0 spiro atoms. The number of allylic oxidation sites excluding steroid dienone is 4. The average Bonchev–Trinajstić information content (AvgIpc) is 3.23. The van der Waals surface area contributed by atoms with Crippen LogP contribution < -0.4 is 9.47 Å². The Morgan fingerprint density at radius 1 is 0.947 bits per heavy atom. The minimum atomic E-state index is -0.232. The Morgan fingerprint density at radius 2 is 1.58 bits per heavy atom. The Kier molecular flexibility index (Phi) is 7.50. The predicted octanol–water partition coefficient (Wildman–Crippen LogP) is 7.39. The van der Waals surface area contributed by atoms with Crippen molar-refractivity contribution in [3.8, 4) is 29.6 Å². The highest BCUT2D eigenvalue weighted by Crippen LogP contribution is 2.63. The number of fused-ring (bicyclic) bond motifs is 4. The van der Waals surface area contributed by atoms with Crippen molar-refractivity contribution in [2.24, 2.45) is 17.3 Å². The first-order valence-electron chi connectivity index (χ1n) is 13.8. The number of terminal acetylenes is 1. The van der Waals surface area contributed by atoms with Gasteiger partial charge in [0.2, 0.25) is 0 Å².